The van der Waals surface area contributed by atoms with E-state index in [0.717, 1.165) is 31.6 Å². The number of rotatable bonds is 6. The molecule has 2 amide bonds. The molecule has 2 aliphatic heterocycles. The van der Waals surface area contributed by atoms with Crippen LogP contribution in [0.5, 0.6) is 0 Å². The summed E-state index contributed by atoms with van der Waals surface area (Å²) >= 11 is 0. The normalized spacial score (nSPS) is 25.5. The molecule has 8 heteroatoms. The number of likely N-dealkylation sites (tertiary alicyclic amines) is 2. The summed E-state index contributed by atoms with van der Waals surface area (Å²) in [6, 6.07) is 4.78. The van der Waals surface area contributed by atoms with E-state index in [1.165, 1.54) is 36.3 Å². The summed E-state index contributed by atoms with van der Waals surface area (Å²) in [6.07, 6.45) is 0.782. The fourth-order valence-electron chi connectivity index (χ4n) is 4.75. The Kier molecular flexibility index (Phi) is 7.62. The van der Waals surface area contributed by atoms with Gasteiger partial charge in [0.2, 0.25) is 11.8 Å². The maximum atomic E-state index is 12.9. The molecule has 2 saturated heterocycles. The van der Waals surface area contributed by atoms with Crippen molar-refractivity contribution >= 4 is 11.8 Å². The van der Waals surface area contributed by atoms with Crippen molar-refractivity contribution in [3.8, 4) is 0 Å². The molecule has 0 aromatic heterocycles. The van der Waals surface area contributed by atoms with E-state index in [1.807, 2.05) is 0 Å². The maximum Gasteiger partial charge on any atom is 0.416 e. The van der Waals surface area contributed by atoms with Crippen molar-refractivity contribution in [1.29, 1.82) is 0 Å². The van der Waals surface area contributed by atoms with Crippen LogP contribution in [0.15, 0.2) is 24.3 Å². The zero-order chi connectivity index (χ0) is 22.6. The maximum absolute atomic E-state index is 12.9. The Bertz CT molecular complexity index is 766. The Morgan fingerprint density at radius 1 is 1.16 bits per heavy atom. The summed E-state index contributed by atoms with van der Waals surface area (Å²) in [4.78, 5) is 29.1. The van der Waals surface area contributed by atoms with Gasteiger partial charge in [-0.25, -0.2) is 0 Å². The first-order chi connectivity index (χ1) is 14.7. The summed E-state index contributed by atoms with van der Waals surface area (Å²) in [5.41, 5.74) is -0.195. The van der Waals surface area contributed by atoms with Crippen LogP contribution in [0.2, 0.25) is 0 Å². The average molecular weight is 440 g/mol. The Labute approximate surface area is 182 Å². The van der Waals surface area contributed by atoms with Gasteiger partial charge in [-0.15, -0.1) is 0 Å². The number of benzene rings is 1. The number of carbonyl (C=O) groups excluding carboxylic acids is 2. The molecule has 2 fully saturated rings. The first kappa shape index (κ1) is 23.6. The molecule has 5 nitrogen and oxygen atoms in total. The highest BCUT2D eigenvalue weighted by atomic mass is 19.4. The second-order valence-electron chi connectivity index (χ2n) is 8.74. The number of alkyl halides is 3. The Balaban J connectivity index is 1.62. The van der Waals surface area contributed by atoms with Gasteiger partial charge in [0.1, 0.15) is 0 Å². The number of hydrogen-bond acceptors (Lipinski definition) is 3. The van der Waals surface area contributed by atoms with Crippen LogP contribution in [0.1, 0.15) is 62.6 Å². The predicted molar refractivity (Wildman–Crippen MR) is 112 cm³/mol. The Hall–Kier alpha value is -2.09. The van der Waals surface area contributed by atoms with Crippen molar-refractivity contribution in [2.45, 2.75) is 63.7 Å². The molecule has 2 heterocycles. The molecule has 0 aliphatic carbocycles. The molecule has 31 heavy (non-hydrogen) atoms. The fourth-order valence-corrected chi connectivity index (χ4v) is 4.75. The second-order valence-corrected chi connectivity index (χ2v) is 8.74. The summed E-state index contributed by atoms with van der Waals surface area (Å²) in [7, 11) is 1.61. The lowest BCUT2D eigenvalue weighted by atomic mass is 9.83. The van der Waals surface area contributed by atoms with E-state index in [4.69, 9.17) is 0 Å². The molecule has 3 rings (SSSR count). The number of nitrogens with zero attached hydrogens (tertiary/aromatic N) is 2. The highest BCUT2D eigenvalue weighted by molar-refractivity contribution is 5.84. The van der Waals surface area contributed by atoms with E-state index < -0.39 is 23.7 Å². The van der Waals surface area contributed by atoms with Crippen LogP contribution in [0, 0.1) is 5.92 Å². The molecule has 0 bridgehead atoms. The third kappa shape index (κ3) is 5.79. The van der Waals surface area contributed by atoms with Gasteiger partial charge in [-0.2, -0.15) is 13.2 Å². The van der Waals surface area contributed by atoms with Crippen molar-refractivity contribution in [2.75, 3.05) is 26.7 Å². The monoisotopic (exact) mass is 439 g/mol. The molecule has 1 aromatic rings. The van der Waals surface area contributed by atoms with Gasteiger partial charge >= 0.3 is 6.18 Å². The fraction of sp³-hybridized carbons (Fsp3) is 0.652. The molecule has 2 aliphatic rings. The summed E-state index contributed by atoms with van der Waals surface area (Å²) in [6.45, 7) is 4.82. The zero-order valence-corrected chi connectivity index (χ0v) is 18.3. The minimum absolute atomic E-state index is 0.104. The lowest BCUT2D eigenvalue weighted by Gasteiger charge is -2.38. The highest BCUT2D eigenvalue weighted by Crippen LogP contribution is 2.37. The van der Waals surface area contributed by atoms with Gasteiger partial charge in [0, 0.05) is 32.6 Å². The molecule has 3 unspecified atom stereocenters. The van der Waals surface area contributed by atoms with Crippen LogP contribution in [0.4, 0.5) is 13.2 Å². The quantitative estimate of drug-likeness (QED) is 0.682. The largest absolute Gasteiger partial charge is 0.416 e. The van der Waals surface area contributed by atoms with Gasteiger partial charge in [0.05, 0.1) is 17.5 Å². The SMILES string of the molecule is CC1CCCCN1CCCNC(=O)C1CCC(=O)N(C)C1c1ccc(C(F)(F)F)cc1. The first-order valence-electron chi connectivity index (χ1n) is 11.1. The lowest BCUT2D eigenvalue weighted by molar-refractivity contribution is -0.142. The number of hydrogen-bond donors (Lipinski definition) is 1. The summed E-state index contributed by atoms with van der Waals surface area (Å²) < 4.78 is 38.7. The number of piperidine rings is 2. The van der Waals surface area contributed by atoms with E-state index in [1.54, 1.807) is 7.05 Å². The van der Waals surface area contributed by atoms with Gasteiger partial charge in [0.15, 0.2) is 0 Å². The van der Waals surface area contributed by atoms with Crippen LogP contribution >= 0.6 is 0 Å². The van der Waals surface area contributed by atoms with Crippen LogP contribution in [0.3, 0.4) is 0 Å². The Morgan fingerprint density at radius 3 is 2.52 bits per heavy atom. The van der Waals surface area contributed by atoms with E-state index in [-0.39, 0.29) is 18.2 Å². The summed E-state index contributed by atoms with van der Waals surface area (Å²) in [5, 5.41) is 2.99. The van der Waals surface area contributed by atoms with Gasteiger partial charge in [-0.05, 0) is 56.8 Å². The van der Waals surface area contributed by atoms with Gasteiger partial charge in [0.25, 0.3) is 0 Å². The van der Waals surface area contributed by atoms with Crippen molar-refractivity contribution in [1.82, 2.24) is 15.1 Å². The highest BCUT2D eigenvalue weighted by Gasteiger charge is 2.39. The van der Waals surface area contributed by atoms with E-state index in [2.05, 4.69) is 17.1 Å². The van der Waals surface area contributed by atoms with E-state index in [9.17, 15) is 22.8 Å². The van der Waals surface area contributed by atoms with Crippen LogP contribution in [-0.2, 0) is 15.8 Å². The Morgan fingerprint density at radius 2 is 1.87 bits per heavy atom. The number of halogens is 3. The van der Waals surface area contributed by atoms with Crippen LogP contribution in [0.25, 0.3) is 0 Å². The second kappa shape index (κ2) is 10.0. The summed E-state index contributed by atoms with van der Waals surface area (Å²) in [5.74, 6) is -0.725. The molecular weight excluding hydrogens is 407 g/mol. The number of nitrogens with one attached hydrogen (secondary N) is 1. The van der Waals surface area contributed by atoms with Gasteiger partial charge in [-0.3, -0.25) is 9.59 Å². The molecular formula is C23H32F3N3O2. The average Bonchev–Trinajstić information content (AvgIpc) is 2.73. The molecule has 0 radical (unpaired) electrons. The molecule has 3 atom stereocenters. The number of amides is 2. The van der Waals surface area contributed by atoms with Crippen molar-refractivity contribution < 1.29 is 22.8 Å². The molecule has 172 valence electrons. The minimum atomic E-state index is -4.42. The molecule has 0 saturated carbocycles. The lowest BCUT2D eigenvalue weighted by Crippen LogP contribution is -2.46. The first-order valence-corrected chi connectivity index (χ1v) is 11.1. The minimum Gasteiger partial charge on any atom is -0.356 e. The van der Waals surface area contributed by atoms with Crippen LogP contribution < -0.4 is 5.32 Å². The zero-order valence-electron chi connectivity index (χ0n) is 18.3. The third-order valence-electron chi connectivity index (χ3n) is 6.64. The van der Waals surface area contributed by atoms with E-state index >= 15 is 0 Å². The molecule has 1 aromatic carbocycles. The smallest absolute Gasteiger partial charge is 0.356 e. The van der Waals surface area contributed by atoms with Crippen LogP contribution in [-0.4, -0.2) is 54.3 Å². The van der Waals surface area contributed by atoms with Crippen molar-refractivity contribution in [2.24, 2.45) is 5.92 Å². The standard InChI is InChI=1S/C23H32F3N3O2/c1-16-6-3-4-14-29(16)15-5-13-27-22(31)19-11-12-20(30)28(2)21(19)17-7-9-18(10-8-17)23(24,25)26/h7-10,16,19,21H,3-6,11-15H2,1-2H3,(H,27,31). The predicted octanol–water partition coefficient (Wildman–Crippen LogP) is 4.00. The number of carbonyl (C=O) groups is 2. The third-order valence-corrected chi connectivity index (χ3v) is 6.64. The van der Waals surface area contributed by atoms with Gasteiger partial charge < -0.3 is 15.1 Å². The van der Waals surface area contributed by atoms with E-state index in [0.29, 0.717) is 24.6 Å². The van der Waals surface area contributed by atoms with Gasteiger partial charge in [-0.1, -0.05) is 18.6 Å². The topological polar surface area (TPSA) is 52.7 Å². The molecule has 1 N–H and O–H groups in total. The van der Waals surface area contributed by atoms with Crippen molar-refractivity contribution in [3.05, 3.63) is 35.4 Å². The van der Waals surface area contributed by atoms with Crippen molar-refractivity contribution in [3.63, 3.8) is 0 Å². The molecule has 0 spiro atoms.